The normalized spacial score (nSPS) is 11.3. The maximum absolute atomic E-state index is 12.6. The summed E-state index contributed by atoms with van der Waals surface area (Å²) in [6, 6.07) is 23.2. The molecular weight excluding hydrogens is 380 g/mol. The summed E-state index contributed by atoms with van der Waals surface area (Å²) in [4.78, 5) is 25.0. The highest BCUT2D eigenvalue weighted by molar-refractivity contribution is 6.06. The van der Waals surface area contributed by atoms with Crippen LogP contribution in [0, 0.1) is 0 Å². The molecule has 0 saturated heterocycles. The number of anilines is 1. The van der Waals surface area contributed by atoms with Gasteiger partial charge in [0.15, 0.2) is 6.61 Å². The highest BCUT2D eigenvalue weighted by atomic mass is 16.5. The predicted molar refractivity (Wildman–Crippen MR) is 116 cm³/mol. The van der Waals surface area contributed by atoms with Gasteiger partial charge in [0, 0.05) is 11.3 Å². The van der Waals surface area contributed by atoms with Gasteiger partial charge in [-0.3, -0.25) is 9.59 Å². The Morgan fingerprint density at radius 3 is 2.23 bits per heavy atom. The molecule has 154 valence electrons. The van der Waals surface area contributed by atoms with Gasteiger partial charge in [0.2, 0.25) is 0 Å². The van der Waals surface area contributed by atoms with Crippen molar-refractivity contribution < 1.29 is 19.1 Å². The summed E-state index contributed by atoms with van der Waals surface area (Å²) in [6.07, 6.45) is 0. The molecular formula is C24H24N2O4. The summed E-state index contributed by atoms with van der Waals surface area (Å²) < 4.78 is 11.0. The van der Waals surface area contributed by atoms with Crippen LogP contribution < -0.4 is 20.1 Å². The van der Waals surface area contributed by atoms with Crippen LogP contribution in [-0.2, 0) is 4.79 Å². The fourth-order valence-corrected chi connectivity index (χ4v) is 3.03. The zero-order valence-electron chi connectivity index (χ0n) is 16.9. The van der Waals surface area contributed by atoms with Gasteiger partial charge in [-0.15, -0.1) is 0 Å². The molecule has 0 saturated carbocycles. The number of carbonyl (C=O) groups excluding carboxylic acids is 2. The van der Waals surface area contributed by atoms with E-state index in [-0.39, 0.29) is 24.5 Å². The van der Waals surface area contributed by atoms with E-state index in [1.54, 1.807) is 43.5 Å². The third kappa shape index (κ3) is 5.38. The summed E-state index contributed by atoms with van der Waals surface area (Å²) >= 11 is 0. The second-order valence-corrected chi connectivity index (χ2v) is 6.64. The molecule has 3 aromatic carbocycles. The molecule has 2 amide bonds. The van der Waals surface area contributed by atoms with Crippen LogP contribution in [0.15, 0.2) is 78.9 Å². The number of hydrogen-bond donors (Lipinski definition) is 2. The van der Waals surface area contributed by atoms with Crippen molar-refractivity contribution >= 4 is 17.5 Å². The second-order valence-electron chi connectivity index (χ2n) is 6.64. The van der Waals surface area contributed by atoms with Gasteiger partial charge in [-0.1, -0.05) is 48.5 Å². The minimum Gasteiger partial charge on any atom is -0.496 e. The monoisotopic (exact) mass is 404 g/mol. The largest absolute Gasteiger partial charge is 0.496 e. The van der Waals surface area contributed by atoms with Crippen molar-refractivity contribution in [3.8, 4) is 11.5 Å². The first kappa shape index (κ1) is 20.9. The Labute approximate surface area is 175 Å². The third-order valence-corrected chi connectivity index (χ3v) is 4.51. The van der Waals surface area contributed by atoms with Crippen molar-refractivity contribution in [1.82, 2.24) is 5.32 Å². The molecule has 0 aliphatic heterocycles. The Balaban J connectivity index is 1.62. The van der Waals surface area contributed by atoms with Crippen LogP contribution in [0.2, 0.25) is 0 Å². The van der Waals surface area contributed by atoms with Crippen LogP contribution in [0.5, 0.6) is 11.5 Å². The van der Waals surface area contributed by atoms with Crippen molar-refractivity contribution in [1.29, 1.82) is 0 Å². The lowest BCUT2D eigenvalue weighted by Gasteiger charge is -2.18. The number of para-hydroxylation sites is 3. The Hall–Kier alpha value is -3.80. The van der Waals surface area contributed by atoms with E-state index in [9.17, 15) is 9.59 Å². The number of nitrogens with one attached hydrogen (secondary N) is 2. The predicted octanol–water partition coefficient (Wildman–Crippen LogP) is 4.20. The fourth-order valence-electron chi connectivity index (χ4n) is 3.03. The Morgan fingerprint density at radius 1 is 0.867 bits per heavy atom. The Bertz CT molecular complexity index is 1000. The highest BCUT2D eigenvalue weighted by Crippen LogP contribution is 2.24. The molecule has 0 unspecified atom stereocenters. The number of rotatable bonds is 8. The van der Waals surface area contributed by atoms with Crippen LogP contribution >= 0.6 is 0 Å². The minimum atomic E-state index is -0.306. The second kappa shape index (κ2) is 10.1. The smallest absolute Gasteiger partial charge is 0.259 e. The van der Waals surface area contributed by atoms with Crippen molar-refractivity contribution in [2.45, 2.75) is 13.0 Å². The van der Waals surface area contributed by atoms with Crippen LogP contribution in [-0.4, -0.2) is 25.5 Å². The van der Waals surface area contributed by atoms with Crippen LogP contribution in [0.3, 0.4) is 0 Å². The quantitative estimate of drug-likeness (QED) is 0.590. The molecule has 0 aliphatic rings. The lowest BCUT2D eigenvalue weighted by molar-refractivity contribution is -0.123. The molecule has 0 aromatic heterocycles. The topological polar surface area (TPSA) is 76.7 Å². The van der Waals surface area contributed by atoms with Crippen molar-refractivity contribution in [2.75, 3.05) is 19.0 Å². The molecule has 6 heteroatoms. The minimum absolute atomic E-state index is 0.213. The fraction of sp³-hybridized carbons (Fsp3) is 0.167. The van der Waals surface area contributed by atoms with E-state index >= 15 is 0 Å². The first-order chi connectivity index (χ1) is 14.6. The van der Waals surface area contributed by atoms with E-state index in [1.165, 1.54) is 0 Å². The van der Waals surface area contributed by atoms with Gasteiger partial charge < -0.3 is 20.1 Å². The summed E-state index contributed by atoms with van der Waals surface area (Å²) in [6.45, 7) is 1.66. The zero-order chi connectivity index (χ0) is 21.3. The SMILES string of the molecule is COc1ccccc1[C@H](C)NC(=O)COc1ccccc1C(=O)Nc1ccccc1. The highest BCUT2D eigenvalue weighted by Gasteiger charge is 2.16. The van der Waals surface area contributed by atoms with Crippen LogP contribution in [0.25, 0.3) is 0 Å². The first-order valence-corrected chi connectivity index (χ1v) is 9.59. The Morgan fingerprint density at radius 2 is 1.50 bits per heavy atom. The molecule has 6 nitrogen and oxygen atoms in total. The molecule has 2 N–H and O–H groups in total. The molecule has 0 radical (unpaired) electrons. The number of amides is 2. The summed E-state index contributed by atoms with van der Waals surface area (Å²) in [5.41, 5.74) is 1.91. The van der Waals surface area contributed by atoms with E-state index in [0.29, 0.717) is 22.7 Å². The van der Waals surface area contributed by atoms with Gasteiger partial charge in [-0.2, -0.15) is 0 Å². The van der Waals surface area contributed by atoms with Crippen LogP contribution in [0.1, 0.15) is 28.9 Å². The molecule has 3 aromatic rings. The summed E-state index contributed by atoms with van der Waals surface area (Å²) in [5.74, 6) is 0.437. The van der Waals surface area contributed by atoms with E-state index in [4.69, 9.17) is 9.47 Å². The molecule has 0 bridgehead atoms. The third-order valence-electron chi connectivity index (χ3n) is 4.51. The molecule has 0 spiro atoms. The average Bonchev–Trinajstić information content (AvgIpc) is 2.78. The lowest BCUT2D eigenvalue weighted by Crippen LogP contribution is -2.31. The van der Waals surface area contributed by atoms with E-state index in [2.05, 4.69) is 10.6 Å². The van der Waals surface area contributed by atoms with E-state index in [0.717, 1.165) is 5.56 Å². The maximum atomic E-state index is 12.6. The van der Waals surface area contributed by atoms with Crippen molar-refractivity contribution in [2.24, 2.45) is 0 Å². The molecule has 0 fully saturated rings. The number of hydrogen-bond acceptors (Lipinski definition) is 4. The standard InChI is InChI=1S/C24H24N2O4/c1-17(19-12-6-8-14-21(19)29-2)25-23(27)16-30-22-15-9-7-13-20(22)24(28)26-18-10-4-3-5-11-18/h3-15,17H,16H2,1-2H3,(H,25,27)(H,26,28)/t17-/m0/s1. The number of methoxy groups -OCH3 is 1. The summed E-state index contributed by atoms with van der Waals surface area (Å²) in [5, 5.41) is 5.70. The van der Waals surface area contributed by atoms with Gasteiger partial charge in [0.1, 0.15) is 11.5 Å². The molecule has 1 atom stereocenters. The molecule has 3 rings (SSSR count). The van der Waals surface area contributed by atoms with E-state index < -0.39 is 0 Å². The number of ether oxygens (including phenoxy) is 2. The van der Waals surface area contributed by atoms with Gasteiger partial charge in [0.05, 0.1) is 18.7 Å². The summed E-state index contributed by atoms with van der Waals surface area (Å²) in [7, 11) is 1.59. The van der Waals surface area contributed by atoms with Gasteiger partial charge in [-0.25, -0.2) is 0 Å². The number of benzene rings is 3. The average molecular weight is 404 g/mol. The molecule has 0 aliphatic carbocycles. The first-order valence-electron chi connectivity index (χ1n) is 9.59. The van der Waals surface area contributed by atoms with Gasteiger partial charge in [-0.05, 0) is 37.3 Å². The molecule has 0 heterocycles. The van der Waals surface area contributed by atoms with E-state index in [1.807, 2.05) is 49.4 Å². The van der Waals surface area contributed by atoms with Crippen LogP contribution in [0.4, 0.5) is 5.69 Å². The maximum Gasteiger partial charge on any atom is 0.259 e. The van der Waals surface area contributed by atoms with Gasteiger partial charge in [0.25, 0.3) is 11.8 Å². The zero-order valence-corrected chi connectivity index (χ0v) is 16.9. The number of carbonyl (C=O) groups is 2. The van der Waals surface area contributed by atoms with Gasteiger partial charge >= 0.3 is 0 Å². The Kier molecular flexibility index (Phi) is 7.05. The lowest BCUT2D eigenvalue weighted by atomic mass is 10.1. The van der Waals surface area contributed by atoms with Crippen molar-refractivity contribution in [3.63, 3.8) is 0 Å². The van der Waals surface area contributed by atoms with Crippen molar-refractivity contribution in [3.05, 3.63) is 90.0 Å². The molecule has 30 heavy (non-hydrogen) atoms.